The van der Waals surface area contributed by atoms with E-state index in [1.54, 1.807) is 6.20 Å². The fourth-order valence-corrected chi connectivity index (χ4v) is 2.61. The SMILES string of the molecule is OC(CNCCCn1cccn1)COC1CCCCC1. The molecule has 0 bridgehead atoms. The number of rotatable bonds is 9. The molecule has 2 N–H and O–H groups in total. The lowest BCUT2D eigenvalue weighted by Gasteiger charge is -2.23. The summed E-state index contributed by atoms with van der Waals surface area (Å²) in [6.07, 6.45) is 10.9. The number of nitrogens with one attached hydrogen (secondary N) is 1. The minimum atomic E-state index is -0.401. The number of aryl methyl sites for hydroxylation is 1. The Labute approximate surface area is 121 Å². The quantitative estimate of drug-likeness (QED) is 0.675. The van der Waals surface area contributed by atoms with E-state index in [0.717, 1.165) is 32.4 Å². The van der Waals surface area contributed by atoms with Gasteiger partial charge in [0.05, 0.1) is 18.8 Å². The van der Waals surface area contributed by atoms with Gasteiger partial charge in [-0.2, -0.15) is 5.10 Å². The van der Waals surface area contributed by atoms with Gasteiger partial charge in [0, 0.05) is 25.5 Å². The van der Waals surface area contributed by atoms with Gasteiger partial charge in [-0.05, 0) is 31.9 Å². The standard InChI is InChI=1S/C15H27N3O2/c19-14(13-20-15-6-2-1-3-7-15)12-16-8-4-10-18-11-5-9-17-18/h5,9,11,14-16,19H,1-4,6-8,10,12-13H2. The molecule has 1 aromatic heterocycles. The lowest BCUT2D eigenvalue weighted by atomic mass is 9.98. The van der Waals surface area contributed by atoms with E-state index in [4.69, 9.17) is 4.74 Å². The van der Waals surface area contributed by atoms with Crippen molar-refractivity contribution in [3.63, 3.8) is 0 Å². The van der Waals surface area contributed by atoms with Crippen LogP contribution >= 0.6 is 0 Å². The van der Waals surface area contributed by atoms with Crippen LogP contribution < -0.4 is 5.32 Å². The third kappa shape index (κ3) is 6.03. The van der Waals surface area contributed by atoms with Gasteiger partial charge in [0.25, 0.3) is 0 Å². The molecule has 2 rings (SSSR count). The molecule has 1 fully saturated rings. The Morgan fingerprint density at radius 3 is 2.95 bits per heavy atom. The monoisotopic (exact) mass is 281 g/mol. The van der Waals surface area contributed by atoms with Crippen LogP contribution in [0.3, 0.4) is 0 Å². The number of hydrogen-bond acceptors (Lipinski definition) is 4. The molecule has 114 valence electrons. The highest BCUT2D eigenvalue weighted by atomic mass is 16.5. The third-order valence-electron chi connectivity index (χ3n) is 3.76. The van der Waals surface area contributed by atoms with Gasteiger partial charge >= 0.3 is 0 Å². The average molecular weight is 281 g/mol. The molecule has 0 aliphatic heterocycles. The van der Waals surface area contributed by atoms with Gasteiger partial charge in [0.15, 0.2) is 0 Å². The molecule has 20 heavy (non-hydrogen) atoms. The average Bonchev–Trinajstić information content (AvgIpc) is 2.99. The van der Waals surface area contributed by atoms with Gasteiger partial charge in [-0.1, -0.05) is 19.3 Å². The Morgan fingerprint density at radius 2 is 2.20 bits per heavy atom. The number of aliphatic hydroxyl groups excluding tert-OH is 1. The molecule has 5 heteroatoms. The maximum atomic E-state index is 9.86. The van der Waals surface area contributed by atoms with Crippen molar-refractivity contribution in [1.29, 1.82) is 0 Å². The number of nitrogens with zero attached hydrogens (tertiary/aromatic N) is 2. The maximum absolute atomic E-state index is 9.86. The van der Waals surface area contributed by atoms with Crippen LogP contribution in [-0.2, 0) is 11.3 Å². The molecule has 0 amide bonds. The molecule has 5 nitrogen and oxygen atoms in total. The third-order valence-corrected chi connectivity index (χ3v) is 3.76. The topological polar surface area (TPSA) is 59.3 Å². The van der Waals surface area contributed by atoms with Gasteiger partial charge < -0.3 is 15.2 Å². The second-order valence-corrected chi connectivity index (χ2v) is 5.57. The zero-order chi connectivity index (χ0) is 14.0. The smallest absolute Gasteiger partial charge is 0.0897 e. The molecule has 0 saturated heterocycles. The summed E-state index contributed by atoms with van der Waals surface area (Å²) < 4.78 is 7.68. The van der Waals surface area contributed by atoms with E-state index < -0.39 is 6.10 Å². The predicted molar refractivity (Wildman–Crippen MR) is 78.5 cm³/mol. The summed E-state index contributed by atoms with van der Waals surface area (Å²) in [7, 11) is 0. The summed E-state index contributed by atoms with van der Waals surface area (Å²) in [5, 5.41) is 17.3. The Morgan fingerprint density at radius 1 is 1.35 bits per heavy atom. The number of ether oxygens (including phenoxy) is 1. The van der Waals surface area contributed by atoms with E-state index in [1.165, 1.54) is 19.3 Å². The van der Waals surface area contributed by atoms with E-state index in [-0.39, 0.29) is 0 Å². The zero-order valence-corrected chi connectivity index (χ0v) is 12.2. The fraction of sp³-hybridized carbons (Fsp3) is 0.800. The molecule has 1 heterocycles. The predicted octanol–water partition coefficient (Wildman–Crippen LogP) is 1.57. The Hall–Kier alpha value is -0.910. The summed E-state index contributed by atoms with van der Waals surface area (Å²) in [4.78, 5) is 0. The van der Waals surface area contributed by atoms with Crippen LogP contribution in [-0.4, -0.2) is 46.8 Å². The second kappa shape index (κ2) is 9.10. The summed E-state index contributed by atoms with van der Waals surface area (Å²) in [5.74, 6) is 0. The Balaban J connectivity index is 1.44. The van der Waals surface area contributed by atoms with Crippen molar-refractivity contribution in [1.82, 2.24) is 15.1 Å². The van der Waals surface area contributed by atoms with Crippen molar-refractivity contribution < 1.29 is 9.84 Å². The fourth-order valence-electron chi connectivity index (χ4n) is 2.61. The van der Waals surface area contributed by atoms with Crippen molar-refractivity contribution in [2.24, 2.45) is 0 Å². The summed E-state index contributed by atoms with van der Waals surface area (Å²) in [6, 6.07) is 1.93. The first-order valence-electron chi connectivity index (χ1n) is 7.82. The van der Waals surface area contributed by atoms with Crippen LogP contribution in [0.1, 0.15) is 38.5 Å². The van der Waals surface area contributed by atoms with Crippen molar-refractivity contribution in [3.05, 3.63) is 18.5 Å². The molecule has 1 atom stereocenters. The highest BCUT2D eigenvalue weighted by Gasteiger charge is 2.15. The van der Waals surface area contributed by atoms with E-state index in [2.05, 4.69) is 10.4 Å². The lowest BCUT2D eigenvalue weighted by Crippen LogP contribution is -2.33. The van der Waals surface area contributed by atoms with Crippen molar-refractivity contribution in [2.45, 2.75) is 57.3 Å². The minimum Gasteiger partial charge on any atom is -0.389 e. The molecule has 1 unspecified atom stereocenters. The van der Waals surface area contributed by atoms with E-state index in [9.17, 15) is 5.11 Å². The van der Waals surface area contributed by atoms with E-state index >= 15 is 0 Å². The van der Waals surface area contributed by atoms with Gasteiger partial charge in [-0.15, -0.1) is 0 Å². The zero-order valence-electron chi connectivity index (χ0n) is 12.2. The van der Waals surface area contributed by atoms with Gasteiger partial charge in [-0.3, -0.25) is 4.68 Å². The van der Waals surface area contributed by atoms with Crippen LogP contribution in [0.15, 0.2) is 18.5 Å². The van der Waals surface area contributed by atoms with Crippen LogP contribution in [0.4, 0.5) is 0 Å². The molecule has 0 aromatic carbocycles. The largest absolute Gasteiger partial charge is 0.389 e. The molecule has 0 radical (unpaired) electrons. The first-order chi connectivity index (χ1) is 9.84. The van der Waals surface area contributed by atoms with Crippen LogP contribution in [0.2, 0.25) is 0 Å². The summed E-state index contributed by atoms with van der Waals surface area (Å²) in [5.41, 5.74) is 0. The van der Waals surface area contributed by atoms with E-state index in [1.807, 2.05) is 16.9 Å². The minimum absolute atomic E-state index is 0.373. The lowest BCUT2D eigenvalue weighted by molar-refractivity contribution is -0.0229. The second-order valence-electron chi connectivity index (χ2n) is 5.57. The molecule has 1 aromatic rings. The van der Waals surface area contributed by atoms with Gasteiger partial charge in [-0.25, -0.2) is 0 Å². The summed E-state index contributed by atoms with van der Waals surface area (Å²) >= 11 is 0. The molecule has 0 spiro atoms. The normalized spacial score (nSPS) is 18.2. The first-order valence-corrected chi connectivity index (χ1v) is 7.82. The maximum Gasteiger partial charge on any atom is 0.0897 e. The molecular weight excluding hydrogens is 254 g/mol. The first kappa shape index (κ1) is 15.5. The number of aliphatic hydroxyl groups is 1. The van der Waals surface area contributed by atoms with Crippen molar-refractivity contribution in [2.75, 3.05) is 19.7 Å². The van der Waals surface area contributed by atoms with Gasteiger partial charge in [0.2, 0.25) is 0 Å². The van der Waals surface area contributed by atoms with Crippen molar-refractivity contribution in [3.8, 4) is 0 Å². The van der Waals surface area contributed by atoms with E-state index in [0.29, 0.717) is 19.3 Å². The number of aromatic nitrogens is 2. The highest BCUT2D eigenvalue weighted by Crippen LogP contribution is 2.20. The Kier molecular flexibility index (Phi) is 7.05. The molecular formula is C15H27N3O2. The van der Waals surface area contributed by atoms with Crippen molar-refractivity contribution >= 4 is 0 Å². The van der Waals surface area contributed by atoms with Crippen LogP contribution in [0, 0.1) is 0 Å². The van der Waals surface area contributed by atoms with Crippen LogP contribution in [0.25, 0.3) is 0 Å². The summed E-state index contributed by atoms with van der Waals surface area (Å²) in [6.45, 7) is 2.86. The Bertz CT molecular complexity index is 337. The number of hydrogen-bond donors (Lipinski definition) is 2. The van der Waals surface area contributed by atoms with Gasteiger partial charge in [0.1, 0.15) is 0 Å². The molecule has 1 saturated carbocycles. The highest BCUT2D eigenvalue weighted by molar-refractivity contribution is 4.77. The molecule has 1 aliphatic carbocycles. The van der Waals surface area contributed by atoms with Crippen LogP contribution in [0.5, 0.6) is 0 Å². The molecule has 1 aliphatic rings.